The number of ether oxygens (including phenoxy) is 3. The molecule has 0 spiro atoms. The van der Waals surface area contributed by atoms with E-state index in [0.29, 0.717) is 5.56 Å². The van der Waals surface area contributed by atoms with Crippen molar-refractivity contribution in [3.05, 3.63) is 23.8 Å². The third kappa shape index (κ3) is 12.5. The summed E-state index contributed by atoms with van der Waals surface area (Å²) in [5.74, 6) is -3.27. The summed E-state index contributed by atoms with van der Waals surface area (Å²) < 4.78 is 16.6. The predicted molar refractivity (Wildman–Crippen MR) is 144 cm³/mol. The highest BCUT2D eigenvalue weighted by atomic mass is 16.6. The van der Waals surface area contributed by atoms with Crippen molar-refractivity contribution < 1.29 is 38.5 Å². The average molecular weight is 536 g/mol. The predicted octanol–water partition coefficient (Wildman–Crippen LogP) is 5.23. The van der Waals surface area contributed by atoms with Crippen LogP contribution in [0.3, 0.4) is 0 Å². The summed E-state index contributed by atoms with van der Waals surface area (Å²) in [4.78, 5) is 49.2. The molecule has 0 saturated heterocycles. The summed E-state index contributed by atoms with van der Waals surface area (Å²) in [7, 11) is 0. The molecule has 1 rings (SSSR count). The molecule has 3 N–H and O–H groups in total. The first-order chi connectivity index (χ1) is 17.3. The van der Waals surface area contributed by atoms with Crippen LogP contribution in [0, 0.1) is 16.7 Å². The minimum Gasteiger partial charge on any atom is -0.480 e. The van der Waals surface area contributed by atoms with Crippen LogP contribution in [0.15, 0.2) is 18.2 Å². The Hall–Kier alpha value is -2.94. The minimum atomic E-state index is -1.33. The Labute approximate surface area is 226 Å². The lowest BCUT2D eigenvalue weighted by Gasteiger charge is -2.26. The second-order valence-electron chi connectivity index (χ2n) is 12.7. The quantitative estimate of drug-likeness (QED) is 0.271. The number of nitrogens with two attached hydrogens (primary N) is 1. The standard InChI is InChI=1S/C29H45NO8/c1-17(2)12-23(31)36-18(3)13-20(26(30)27(34)35)19-10-11-21(37-24(32)15-28(4,5)6)22(14-19)38-25(33)16-29(7,8)9/h10-11,14,17-18,20,26H,12-13,15-16,30H2,1-9H3,(H,34,35)/t18?,20?,26-/m0/s1. The fraction of sp³-hybridized carbons (Fsp3) is 0.655. The Morgan fingerprint density at radius 3 is 1.79 bits per heavy atom. The number of carboxylic acids is 1. The summed E-state index contributed by atoms with van der Waals surface area (Å²) in [6, 6.07) is 3.19. The molecule has 0 aliphatic heterocycles. The molecule has 9 heteroatoms. The van der Waals surface area contributed by atoms with E-state index in [9.17, 15) is 24.3 Å². The maximum absolute atomic E-state index is 12.7. The van der Waals surface area contributed by atoms with E-state index < -0.39 is 36.0 Å². The third-order valence-corrected chi connectivity index (χ3v) is 5.40. The Morgan fingerprint density at radius 2 is 1.34 bits per heavy atom. The highest BCUT2D eigenvalue weighted by molar-refractivity contribution is 5.78. The molecular weight excluding hydrogens is 490 g/mol. The van der Waals surface area contributed by atoms with Crippen molar-refractivity contribution in [2.24, 2.45) is 22.5 Å². The molecule has 0 aliphatic rings. The van der Waals surface area contributed by atoms with Crippen molar-refractivity contribution in [1.82, 2.24) is 0 Å². The van der Waals surface area contributed by atoms with E-state index in [1.165, 1.54) is 12.1 Å². The topological polar surface area (TPSA) is 142 Å². The molecule has 214 valence electrons. The Kier molecular flexibility index (Phi) is 12.0. The summed E-state index contributed by atoms with van der Waals surface area (Å²) in [5.41, 5.74) is 5.82. The van der Waals surface area contributed by atoms with E-state index in [0.717, 1.165) is 0 Å². The van der Waals surface area contributed by atoms with Crippen LogP contribution in [0.5, 0.6) is 11.5 Å². The van der Waals surface area contributed by atoms with Gasteiger partial charge in [-0.05, 0) is 47.8 Å². The van der Waals surface area contributed by atoms with Gasteiger partial charge in [-0.3, -0.25) is 19.2 Å². The molecule has 0 saturated carbocycles. The molecular formula is C29H45NO8. The minimum absolute atomic E-state index is 0.00828. The highest BCUT2D eigenvalue weighted by Crippen LogP contribution is 2.36. The van der Waals surface area contributed by atoms with Crippen LogP contribution in [0.25, 0.3) is 0 Å². The van der Waals surface area contributed by atoms with Gasteiger partial charge in [-0.1, -0.05) is 61.5 Å². The fourth-order valence-corrected chi connectivity index (χ4v) is 3.78. The number of carbonyl (C=O) groups is 4. The van der Waals surface area contributed by atoms with Crippen molar-refractivity contribution >= 4 is 23.9 Å². The monoisotopic (exact) mass is 535 g/mol. The molecule has 1 aromatic carbocycles. The molecule has 0 radical (unpaired) electrons. The van der Waals surface area contributed by atoms with Crippen molar-refractivity contribution in [2.45, 2.75) is 106 Å². The molecule has 38 heavy (non-hydrogen) atoms. The maximum atomic E-state index is 12.7. The number of carbonyl (C=O) groups excluding carboxylic acids is 3. The average Bonchev–Trinajstić information content (AvgIpc) is 2.69. The van der Waals surface area contributed by atoms with Gasteiger partial charge in [-0.25, -0.2) is 0 Å². The third-order valence-electron chi connectivity index (χ3n) is 5.40. The van der Waals surface area contributed by atoms with Gasteiger partial charge < -0.3 is 25.1 Å². The first kappa shape index (κ1) is 33.1. The van der Waals surface area contributed by atoms with Gasteiger partial charge in [0.2, 0.25) is 0 Å². The largest absolute Gasteiger partial charge is 0.480 e. The van der Waals surface area contributed by atoms with Gasteiger partial charge in [0.25, 0.3) is 0 Å². The molecule has 3 atom stereocenters. The zero-order valence-electron chi connectivity index (χ0n) is 24.3. The Bertz CT molecular complexity index is 987. The summed E-state index contributed by atoms with van der Waals surface area (Å²) in [6.45, 7) is 16.8. The summed E-state index contributed by atoms with van der Waals surface area (Å²) >= 11 is 0. The number of rotatable bonds is 12. The lowest BCUT2D eigenvalue weighted by Crippen LogP contribution is -2.38. The van der Waals surface area contributed by atoms with Crippen molar-refractivity contribution in [3.8, 4) is 11.5 Å². The number of hydrogen-bond acceptors (Lipinski definition) is 8. The van der Waals surface area contributed by atoms with Crippen molar-refractivity contribution in [3.63, 3.8) is 0 Å². The number of esters is 3. The van der Waals surface area contributed by atoms with Crippen LogP contribution in [0.4, 0.5) is 0 Å². The van der Waals surface area contributed by atoms with Gasteiger partial charge in [0.05, 0.1) is 18.9 Å². The second kappa shape index (κ2) is 13.7. The van der Waals surface area contributed by atoms with Gasteiger partial charge in [-0.15, -0.1) is 0 Å². The summed E-state index contributed by atoms with van der Waals surface area (Å²) in [6.07, 6.45) is -0.0188. The van der Waals surface area contributed by atoms with E-state index in [2.05, 4.69) is 0 Å². The van der Waals surface area contributed by atoms with E-state index >= 15 is 0 Å². The number of carboxylic acid groups (broad SMARTS) is 1. The molecule has 0 aliphatic carbocycles. The zero-order valence-corrected chi connectivity index (χ0v) is 24.3. The molecule has 0 fully saturated rings. The molecule has 0 bridgehead atoms. The van der Waals surface area contributed by atoms with Crippen molar-refractivity contribution in [1.29, 1.82) is 0 Å². The number of benzene rings is 1. The van der Waals surface area contributed by atoms with Gasteiger partial charge in [-0.2, -0.15) is 0 Å². The molecule has 1 aromatic rings. The number of hydrogen-bond donors (Lipinski definition) is 2. The summed E-state index contributed by atoms with van der Waals surface area (Å²) in [5, 5.41) is 9.66. The van der Waals surface area contributed by atoms with Crippen LogP contribution in [-0.4, -0.2) is 41.1 Å². The first-order valence-electron chi connectivity index (χ1n) is 13.0. The molecule has 0 heterocycles. The van der Waals surface area contributed by atoms with E-state index in [1.54, 1.807) is 13.0 Å². The molecule has 0 aromatic heterocycles. The Balaban J connectivity index is 3.38. The zero-order chi connectivity index (χ0) is 29.4. The van der Waals surface area contributed by atoms with E-state index in [-0.39, 0.29) is 59.9 Å². The van der Waals surface area contributed by atoms with E-state index in [1.807, 2.05) is 55.4 Å². The molecule has 0 amide bonds. The van der Waals surface area contributed by atoms with E-state index in [4.69, 9.17) is 19.9 Å². The normalized spacial score (nSPS) is 14.4. The van der Waals surface area contributed by atoms with Gasteiger partial charge >= 0.3 is 23.9 Å². The van der Waals surface area contributed by atoms with Gasteiger partial charge in [0.15, 0.2) is 11.5 Å². The van der Waals surface area contributed by atoms with Gasteiger partial charge in [0, 0.05) is 12.3 Å². The van der Waals surface area contributed by atoms with Crippen molar-refractivity contribution in [2.75, 3.05) is 0 Å². The SMILES string of the molecule is CC(C)CC(=O)OC(C)CC(c1ccc(OC(=O)CC(C)(C)C)c(OC(=O)CC(C)(C)C)c1)[C@H](N)C(=O)O. The Morgan fingerprint density at radius 1 is 0.842 bits per heavy atom. The smallest absolute Gasteiger partial charge is 0.321 e. The first-order valence-corrected chi connectivity index (χ1v) is 13.0. The van der Waals surface area contributed by atoms with Crippen LogP contribution in [0.2, 0.25) is 0 Å². The molecule has 2 unspecified atom stereocenters. The van der Waals surface area contributed by atoms with Crippen LogP contribution in [-0.2, 0) is 23.9 Å². The second-order valence-corrected chi connectivity index (χ2v) is 12.7. The van der Waals surface area contributed by atoms with Crippen LogP contribution >= 0.6 is 0 Å². The van der Waals surface area contributed by atoms with Crippen LogP contribution in [0.1, 0.15) is 99.5 Å². The van der Waals surface area contributed by atoms with Gasteiger partial charge in [0.1, 0.15) is 6.04 Å². The molecule has 9 nitrogen and oxygen atoms in total. The van der Waals surface area contributed by atoms with Crippen LogP contribution < -0.4 is 15.2 Å². The lowest BCUT2D eigenvalue weighted by molar-refractivity contribution is -0.149. The maximum Gasteiger partial charge on any atom is 0.321 e. The number of aliphatic carboxylic acids is 1. The fourth-order valence-electron chi connectivity index (χ4n) is 3.78. The lowest BCUT2D eigenvalue weighted by atomic mass is 9.87. The highest BCUT2D eigenvalue weighted by Gasteiger charge is 2.31.